The molecule has 1 rings (SSSR count). The molecular formula is C9H13BrClN3. The second kappa shape index (κ2) is 5.53. The molecule has 0 radical (unpaired) electrons. The van der Waals surface area contributed by atoms with Crippen LogP contribution in [0.4, 0.5) is 5.82 Å². The van der Waals surface area contributed by atoms with E-state index in [2.05, 4.69) is 20.9 Å². The second-order valence-electron chi connectivity index (χ2n) is 3.02. The zero-order valence-electron chi connectivity index (χ0n) is 8.00. The lowest BCUT2D eigenvalue weighted by molar-refractivity contribution is 0.787. The molecule has 1 heterocycles. The maximum Gasteiger partial charge on any atom is 0.147 e. The maximum absolute atomic E-state index is 6.04. The molecule has 0 aliphatic carbocycles. The lowest BCUT2D eigenvalue weighted by Gasteiger charge is -2.18. The molecule has 0 bridgehead atoms. The predicted molar refractivity (Wildman–Crippen MR) is 63.9 cm³/mol. The highest BCUT2D eigenvalue weighted by molar-refractivity contribution is 9.10. The lowest BCUT2D eigenvalue weighted by Crippen LogP contribution is -2.22. The van der Waals surface area contributed by atoms with Crippen molar-refractivity contribution in [1.29, 1.82) is 0 Å². The molecular weight excluding hydrogens is 265 g/mol. The van der Waals surface area contributed by atoms with Crippen molar-refractivity contribution in [3.8, 4) is 0 Å². The topological polar surface area (TPSA) is 42.1 Å². The minimum atomic E-state index is 0.652. The van der Waals surface area contributed by atoms with Crippen LogP contribution in [0.5, 0.6) is 0 Å². The van der Waals surface area contributed by atoms with Crippen molar-refractivity contribution in [3.05, 3.63) is 21.8 Å². The van der Waals surface area contributed by atoms with E-state index in [0.29, 0.717) is 11.6 Å². The Bertz CT molecular complexity index is 306. The molecule has 5 heteroatoms. The first-order valence-corrected chi connectivity index (χ1v) is 5.54. The molecule has 0 fully saturated rings. The van der Waals surface area contributed by atoms with Crippen molar-refractivity contribution in [2.45, 2.75) is 6.42 Å². The van der Waals surface area contributed by atoms with E-state index in [1.807, 2.05) is 18.0 Å². The van der Waals surface area contributed by atoms with Crippen LogP contribution >= 0.6 is 27.5 Å². The molecule has 14 heavy (non-hydrogen) atoms. The van der Waals surface area contributed by atoms with Crippen molar-refractivity contribution < 1.29 is 0 Å². The number of hydrogen-bond donors (Lipinski definition) is 1. The van der Waals surface area contributed by atoms with Crippen molar-refractivity contribution >= 4 is 33.3 Å². The van der Waals surface area contributed by atoms with E-state index in [-0.39, 0.29) is 0 Å². The third-order valence-electron chi connectivity index (χ3n) is 1.85. The smallest absolute Gasteiger partial charge is 0.147 e. The zero-order chi connectivity index (χ0) is 10.6. The summed E-state index contributed by atoms with van der Waals surface area (Å²) >= 11 is 9.35. The number of rotatable bonds is 4. The Morgan fingerprint density at radius 3 is 2.93 bits per heavy atom. The third-order valence-corrected chi connectivity index (χ3v) is 2.56. The summed E-state index contributed by atoms with van der Waals surface area (Å²) < 4.78 is 0.887. The van der Waals surface area contributed by atoms with Gasteiger partial charge in [0.25, 0.3) is 0 Å². The van der Waals surface area contributed by atoms with E-state index in [1.54, 1.807) is 6.20 Å². The van der Waals surface area contributed by atoms with Crippen LogP contribution in [0.15, 0.2) is 16.7 Å². The highest BCUT2D eigenvalue weighted by atomic mass is 79.9. The van der Waals surface area contributed by atoms with Gasteiger partial charge in [0.2, 0.25) is 0 Å². The molecule has 0 amide bonds. The predicted octanol–water partition coefficient (Wildman–Crippen LogP) is 2.28. The molecule has 0 spiro atoms. The van der Waals surface area contributed by atoms with Gasteiger partial charge in [-0.2, -0.15) is 0 Å². The van der Waals surface area contributed by atoms with E-state index in [1.165, 1.54) is 0 Å². The van der Waals surface area contributed by atoms with E-state index in [4.69, 9.17) is 17.3 Å². The van der Waals surface area contributed by atoms with Gasteiger partial charge in [-0.1, -0.05) is 11.6 Å². The Labute approximate surface area is 97.4 Å². The molecule has 2 N–H and O–H groups in total. The molecule has 0 aromatic carbocycles. The molecule has 1 aromatic rings. The van der Waals surface area contributed by atoms with Crippen LogP contribution in [0.25, 0.3) is 0 Å². The largest absolute Gasteiger partial charge is 0.358 e. The minimum Gasteiger partial charge on any atom is -0.358 e. The van der Waals surface area contributed by atoms with E-state index < -0.39 is 0 Å². The summed E-state index contributed by atoms with van der Waals surface area (Å²) in [7, 11) is 1.96. The first-order chi connectivity index (χ1) is 6.65. The molecule has 0 atom stereocenters. The van der Waals surface area contributed by atoms with Gasteiger partial charge in [0.1, 0.15) is 5.82 Å². The molecule has 3 nitrogen and oxygen atoms in total. The fourth-order valence-corrected chi connectivity index (χ4v) is 1.90. The Morgan fingerprint density at radius 2 is 2.36 bits per heavy atom. The fourth-order valence-electron chi connectivity index (χ4n) is 1.12. The maximum atomic E-state index is 6.04. The summed E-state index contributed by atoms with van der Waals surface area (Å²) in [4.78, 5) is 6.24. The van der Waals surface area contributed by atoms with Crippen LogP contribution in [0.3, 0.4) is 0 Å². The SMILES string of the molecule is CN(CCCN)c1ncc(Br)cc1Cl. The Hall–Kier alpha value is -0.320. The molecule has 0 unspecified atom stereocenters. The van der Waals surface area contributed by atoms with E-state index in [9.17, 15) is 0 Å². The summed E-state index contributed by atoms with van der Waals surface area (Å²) in [6, 6.07) is 1.84. The first kappa shape index (κ1) is 11.8. The summed E-state index contributed by atoms with van der Waals surface area (Å²) in [5, 5.41) is 0.652. The van der Waals surface area contributed by atoms with Crippen molar-refractivity contribution in [1.82, 2.24) is 4.98 Å². The van der Waals surface area contributed by atoms with Crippen LogP contribution in [0.2, 0.25) is 5.02 Å². The van der Waals surface area contributed by atoms with Gasteiger partial charge < -0.3 is 10.6 Å². The monoisotopic (exact) mass is 277 g/mol. The number of halogens is 2. The summed E-state index contributed by atoms with van der Waals surface area (Å²) in [6.07, 6.45) is 2.67. The highest BCUT2D eigenvalue weighted by Gasteiger charge is 2.07. The highest BCUT2D eigenvalue weighted by Crippen LogP contribution is 2.25. The van der Waals surface area contributed by atoms with E-state index >= 15 is 0 Å². The first-order valence-electron chi connectivity index (χ1n) is 4.37. The molecule has 0 aliphatic rings. The van der Waals surface area contributed by atoms with Gasteiger partial charge in [-0.25, -0.2) is 4.98 Å². The fraction of sp³-hybridized carbons (Fsp3) is 0.444. The standard InChI is InChI=1S/C9H13BrClN3/c1-14(4-2-3-12)9-8(11)5-7(10)6-13-9/h5-6H,2-4,12H2,1H3. The molecule has 0 aliphatic heterocycles. The van der Waals surface area contributed by atoms with Gasteiger partial charge >= 0.3 is 0 Å². The van der Waals surface area contributed by atoms with Gasteiger partial charge in [0.05, 0.1) is 5.02 Å². The Morgan fingerprint density at radius 1 is 1.64 bits per heavy atom. The lowest BCUT2D eigenvalue weighted by atomic mass is 10.3. The molecule has 0 saturated carbocycles. The third kappa shape index (κ3) is 3.12. The van der Waals surface area contributed by atoms with E-state index in [0.717, 1.165) is 23.3 Å². The second-order valence-corrected chi connectivity index (χ2v) is 4.35. The average molecular weight is 279 g/mol. The number of anilines is 1. The van der Waals surface area contributed by atoms with Crippen molar-refractivity contribution in [3.63, 3.8) is 0 Å². The van der Waals surface area contributed by atoms with Gasteiger partial charge in [0, 0.05) is 24.3 Å². The summed E-state index contributed by atoms with van der Waals surface area (Å²) in [5.41, 5.74) is 5.43. The van der Waals surface area contributed by atoms with Crippen LogP contribution in [0, 0.1) is 0 Å². The number of hydrogen-bond acceptors (Lipinski definition) is 3. The molecule has 78 valence electrons. The van der Waals surface area contributed by atoms with Crippen molar-refractivity contribution in [2.24, 2.45) is 5.73 Å². The average Bonchev–Trinajstić information content (AvgIpc) is 2.14. The Kier molecular flexibility index (Phi) is 4.65. The summed E-state index contributed by atoms with van der Waals surface area (Å²) in [6.45, 7) is 1.54. The Balaban J connectivity index is 2.74. The van der Waals surface area contributed by atoms with Crippen LogP contribution < -0.4 is 10.6 Å². The number of aromatic nitrogens is 1. The zero-order valence-corrected chi connectivity index (χ0v) is 10.3. The van der Waals surface area contributed by atoms with Gasteiger partial charge in [0.15, 0.2) is 0 Å². The van der Waals surface area contributed by atoms with Crippen molar-refractivity contribution in [2.75, 3.05) is 25.0 Å². The van der Waals surface area contributed by atoms with Crippen LogP contribution in [0.1, 0.15) is 6.42 Å². The van der Waals surface area contributed by atoms with Crippen LogP contribution in [-0.2, 0) is 0 Å². The van der Waals surface area contributed by atoms with Gasteiger partial charge in [-0.05, 0) is 35.0 Å². The van der Waals surface area contributed by atoms with Gasteiger partial charge in [-0.3, -0.25) is 0 Å². The number of nitrogens with zero attached hydrogens (tertiary/aromatic N) is 2. The quantitative estimate of drug-likeness (QED) is 0.919. The molecule has 1 aromatic heterocycles. The minimum absolute atomic E-state index is 0.652. The molecule has 0 saturated heterocycles. The van der Waals surface area contributed by atoms with Gasteiger partial charge in [-0.15, -0.1) is 0 Å². The normalized spacial score (nSPS) is 10.3. The van der Waals surface area contributed by atoms with Crippen LogP contribution in [-0.4, -0.2) is 25.1 Å². The summed E-state index contributed by atoms with van der Waals surface area (Å²) in [5.74, 6) is 0.795. The number of pyridine rings is 1. The number of nitrogens with two attached hydrogens (primary N) is 1.